The lowest BCUT2D eigenvalue weighted by Gasteiger charge is -2.32. The Morgan fingerprint density at radius 3 is 2.47 bits per heavy atom. The lowest BCUT2D eigenvalue weighted by Crippen LogP contribution is -2.43. The van der Waals surface area contributed by atoms with Gasteiger partial charge in [0.15, 0.2) is 9.84 Å². The third-order valence-electron chi connectivity index (χ3n) is 6.17. The number of sulfone groups is 1. The molecular weight excluding hydrogens is 512 g/mol. The van der Waals surface area contributed by atoms with E-state index in [1.165, 1.54) is 6.26 Å². The molecule has 0 aromatic heterocycles. The maximum Gasteiger partial charge on any atom is 0.176 e. The van der Waals surface area contributed by atoms with Crippen LogP contribution < -0.4 is 21.3 Å². The third-order valence-corrected chi connectivity index (χ3v) is 7.86. The number of nitrogens with one attached hydrogen (secondary N) is 2. The fourth-order valence-electron chi connectivity index (χ4n) is 4.45. The van der Waals surface area contributed by atoms with Crippen LogP contribution in [0.15, 0.2) is 70.0 Å². The Hall–Kier alpha value is -2.39. The van der Waals surface area contributed by atoms with E-state index >= 15 is 0 Å². The molecule has 1 aliphatic rings. The molecule has 0 spiro atoms. The number of halogens is 1. The van der Waals surface area contributed by atoms with Gasteiger partial charge in [-0.25, -0.2) is 8.42 Å². The number of hydrogen-bond acceptors (Lipinski definition) is 6. The summed E-state index contributed by atoms with van der Waals surface area (Å²) in [5, 5.41) is 6.91. The summed E-state index contributed by atoms with van der Waals surface area (Å²) in [7, 11) is -3.55. The van der Waals surface area contributed by atoms with Gasteiger partial charge in [0.1, 0.15) is 0 Å². The van der Waals surface area contributed by atoms with E-state index in [-0.39, 0.29) is 6.04 Å². The van der Waals surface area contributed by atoms with E-state index in [2.05, 4.69) is 43.6 Å². The quantitative estimate of drug-likeness (QED) is 0.384. The Bertz CT molecular complexity index is 1270. The first-order valence-electron chi connectivity index (χ1n) is 11.4. The zero-order chi connectivity index (χ0) is 24.3. The van der Waals surface area contributed by atoms with Gasteiger partial charge in [-0.05, 0) is 48.4 Å². The highest BCUT2D eigenvalue weighted by atomic mass is 79.9. The predicted molar refractivity (Wildman–Crippen MR) is 144 cm³/mol. The molecule has 0 radical (unpaired) electrons. The number of anilines is 2. The normalized spacial score (nSPS) is 15.3. The lowest BCUT2D eigenvalue weighted by molar-refractivity contribution is 0.558. The molecule has 1 saturated heterocycles. The molecule has 1 heterocycles. The Labute approximate surface area is 210 Å². The molecule has 34 heavy (non-hydrogen) atoms. The van der Waals surface area contributed by atoms with Crippen LogP contribution in [-0.4, -0.2) is 40.9 Å². The van der Waals surface area contributed by atoms with Crippen molar-refractivity contribution in [2.24, 2.45) is 0 Å². The summed E-state index contributed by atoms with van der Waals surface area (Å²) in [6, 6.07) is 19.4. The van der Waals surface area contributed by atoms with Crippen LogP contribution in [0.5, 0.6) is 0 Å². The van der Waals surface area contributed by atoms with Crippen LogP contribution >= 0.6 is 15.9 Å². The summed E-state index contributed by atoms with van der Waals surface area (Å²) >= 11 is 3.52. The number of nitrogens with two attached hydrogens (primary N) is 1. The first-order valence-corrected chi connectivity index (χ1v) is 14.1. The number of rotatable bonds is 7. The molecule has 0 amide bonds. The van der Waals surface area contributed by atoms with Gasteiger partial charge in [-0.1, -0.05) is 46.3 Å². The largest absolute Gasteiger partial charge is 0.398 e. The molecule has 3 aromatic carbocycles. The average molecular weight is 544 g/mol. The topological polar surface area (TPSA) is 87.5 Å². The molecular formula is C26H31BrN4O2S. The fourth-order valence-corrected chi connectivity index (χ4v) is 6.13. The van der Waals surface area contributed by atoms with E-state index in [9.17, 15) is 8.42 Å². The van der Waals surface area contributed by atoms with Gasteiger partial charge >= 0.3 is 0 Å². The molecule has 1 fully saturated rings. The highest BCUT2D eigenvalue weighted by molar-refractivity contribution is 9.10. The Morgan fingerprint density at radius 1 is 1.06 bits per heavy atom. The lowest BCUT2D eigenvalue weighted by atomic mass is 9.96. The monoisotopic (exact) mass is 542 g/mol. The second kappa shape index (κ2) is 10.5. The minimum absolute atomic E-state index is 0.199. The molecule has 0 unspecified atom stereocenters. The molecule has 1 atom stereocenters. The van der Waals surface area contributed by atoms with Crippen molar-refractivity contribution in [3.05, 3.63) is 76.3 Å². The summed E-state index contributed by atoms with van der Waals surface area (Å²) in [5.74, 6) is 0. The van der Waals surface area contributed by atoms with Crippen molar-refractivity contribution in [2.45, 2.75) is 24.4 Å². The van der Waals surface area contributed by atoms with E-state index in [1.807, 2.05) is 55.5 Å². The Balaban J connectivity index is 1.83. The summed E-state index contributed by atoms with van der Waals surface area (Å²) < 4.78 is 27.4. The van der Waals surface area contributed by atoms with Crippen LogP contribution in [0.25, 0.3) is 11.1 Å². The van der Waals surface area contributed by atoms with Gasteiger partial charge in [0.25, 0.3) is 0 Å². The molecule has 180 valence electrons. The van der Waals surface area contributed by atoms with Crippen molar-refractivity contribution in [3.63, 3.8) is 0 Å². The fraction of sp³-hybridized carbons (Fsp3) is 0.308. The van der Waals surface area contributed by atoms with E-state index < -0.39 is 9.84 Å². The standard InChI is InChI=1S/C26H31BrN4O2S/c1-18(30-17-19-6-5-7-20(27)14-19)23-15-21(31-12-10-29-11-13-31)16-24(26(23)34(2,32)33)22-8-3-4-9-25(22)28/h3-9,14-16,18,29-30H,10-13,17,28H2,1-2H3/t18-/m1/s1. The molecule has 0 bridgehead atoms. The summed E-state index contributed by atoms with van der Waals surface area (Å²) in [5.41, 5.74) is 11.2. The smallest absolute Gasteiger partial charge is 0.176 e. The number of nitrogen functional groups attached to an aromatic ring is 1. The van der Waals surface area contributed by atoms with Crippen molar-refractivity contribution in [3.8, 4) is 11.1 Å². The predicted octanol–water partition coefficient (Wildman–Crippen LogP) is 4.36. The van der Waals surface area contributed by atoms with Crippen LogP contribution in [0.3, 0.4) is 0 Å². The first kappa shape index (κ1) is 24.7. The summed E-state index contributed by atoms with van der Waals surface area (Å²) in [6.07, 6.45) is 1.28. The van der Waals surface area contributed by atoms with Crippen molar-refractivity contribution in [1.82, 2.24) is 10.6 Å². The number of hydrogen-bond donors (Lipinski definition) is 3. The van der Waals surface area contributed by atoms with Crippen LogP contribution in [0, 0.1) is 0 Å². The van der Waals surface area contributed by atoms with Gasteiger partial charge in [-0.2, -0.15) is 0 Å². The average Bonchev–Trinajstić information content (AvgIpc) is 2.82. The van der Waals surface area contributed by atoms with Crippen LogP contribution in [-0.2, 0) is 16.4 Å². The Morgan fingerprint density at radius 2 is 1.79 bits per heavy atom. The van der Waals surface area contributed by atoms with Crippen LogP contribution in [0.4, 0.5) is 11.4 Å². The van der Waals surface area contributed by atoms with Gasteiger partial charge in [0, 0.05) is 72.0 Å². The van der Waals surface area contributed by atoms with Crippen molar-refractivity contribution in [1.29, 1.82) is 0 Å². The van der Waals surface area contributed by atoms with Gasteiger partial charge < -0.3 is 21.3 Å². The maximum absolute atomic E-state index is 13.2. The number of benzene rings is 3. The maximum atomic E-state index is 13.2. The molecule has 6 nitrogen and oxygen atoms in total. The van der Waals surface area contributed by atoms with Gasteiger partial charge in [-0.3, -0.25) is 0 Å². The van der Waals surface area contributed by atoms with E-state index in [1.54, 1.807) is 0 Å². The van der Waals surface area contributed by atoms with E-state index in [4.69, 9.17) is 5.73 Å². The Kier molecular flexibility index (Phi) is 7.62. The van der Waals surface area contributed by atoms with Crippen LogP contribution in [0.2, 0.25) is 0 Å². The number of para-hydroxylation sites is 1. The molecule has 3 aromatic rings. The molecule has 0 saturated carbocycles. The number of piperazine rings is 1. The van der Waals surface area contributed by atoms with E-state index in [0.717, 1.165) is 53.0 Å². The minimum atomic E-state index is -3.55. The van der Waals surface area contributed by atoms with Crippen LogP contribution in [0.1, 0.15) is 24.1 Å². The van der Waals surface area contributed by atoms with E-state index in [0.29, 0.717) is 22.7 Å². The molecule has 4 N–H and O–H groups in total. The molecule has 8 heteroatoms. The van der Waals surface area contributed by atoms with Crippen molar-refractivity contribution >= 4 is 37.1 Å². The van der Waals surface area contributed by atoms with Crippen molar-refractivity contribution < 1.29 is 8.42 Å². The highest BCUT2D eigenvalue weighted by Crippen LogP contribution is 2.39. The summed E-state index contributed by atoms with van der Waals surface area (Å²) in [4.78, 5) is 2.63. The van der Waals surface area contributed by atoms with Gasteiger partial charge in [0.2, 0.25) is 0 Å². The molecule has 0 aliphatic carbocycles. The second-order valence-corrected chi connectivity index (χ2v) is 11.6. The number of nitrogens with zero attached hydrogens (tertiary/aromatic N) is 1. The minimum Gasteiger partial charge on any atom is -0.398 e. The zero-order valence-electron chi connectivity index (χ0n) is 19.5. The molecule has 1 aliphatic heterocycles. The second-order valence-electron chi connectivity index (χ2n) is 8.74. The third kappa shape index (κ3) is 5.63. The van der Waals surface area contributed by atoms with Gasteiger partial charge in [-0.15, -0.1) is 0 Å². The highest BCUT2D eigenvalue weighted by Gasteiger charge is 2.26. The van der Waals surface area contributed by atoms with Gasteiger partial charge in [0.05, 0.1) is 4.90 Å². The SMILES string of the molecule is C[C@@H](NCc1cccc(Br)c1)c1cc(N2CCNCC2)cc(-c2ccccc2N)c1S(C)(=O)=O. The van der Waals surface area contributed by atoms with Crippen molar-refractivity contribution in [2.75, 3.05) is 43.1 Å². The summed E-state index contributed by atoms with van der Waals surface area (Å²) in [6.45, 7) is 6.14. The zero-order valence-corrected chi connectivity index (χ0v) is 21.9. The molecule has 4 rings (SSSR count). The first-order chi connectivity index (χ1) is 16.2.